The number of thiophene rings is 1. The largest absolute Gasteiger partial charge is 0.313 e. The van der Waals surface area contributed by atoms with Crippen molar-refractivity contribution in [3.63, 3.8) is 0 Å². The number of nitrogens with one attached hydrogen (secondary N) is 1. The van der Waals surface area contributed by atoms with Gasteiger partial charge in [0.2, 0.25) is 0 Å². The Morgan fingerprint density at radius 2 is 2.20 bits per heavy atom. The first-order valence-electron chi connectivity index (χ1n) is 6.02. The van der Waals surface area contributed by atoms with Crippen molar-refractivity contribution in [2.45, 2.75) is 46.1 Å². The van der Waals surface area contributed by atoms with E-state index in [9.17, 15) is 0 Å². The minimum atomic E-state index is 0.643. The van der Waals surface area contributed by atoms with E-state index < -0.39 is 0 Å². The van der Waals surface area contributed by atoms with Gasteiger partial charge in [0.15, 0.2) is 0 Å². The van der Waals surface area contributed by atoms with E-state index in [1.54, 1.807) is 11.3 Å². The van der Waals surface area contributed by atoms with Gasteiger partial charge in [0, 0.05) is 6.04 Å². The predicted octanol–water partition coefficient (Wildman–Crippen LogP) is 3.70. The highest BCUT2D eigenvalue weighted by atomic mass is 32.1. The van der Waals surface area contributed by atoms with Crippen molar-refractivity contribution in [1.29, 1.82) is 0 Å². The summed E-state index contributed by atoms with van der Waals surface area (Å²) >= 11 is 1.80. The molecule has 2 heteroatoms. The molecular formula is C13H23NS. The van der Waals surface area contributed by atoms with E-state index in [1.165, 1.54) is 24.8 Å². The normalized spacial score (nSPS) is 15.1. The molecule has 2 atom stereocenters. The second-order valence-corrected chi connectivity index (χ2v) is 5.06. The van der Waals surface area contributed by atoms with E-state index in [4.69, 9.17) is 0 Å². The van der Waals surface area contributed by atoms with Crippen LogP contribution in [-0.2, 0) is 6.42 Å². The van der Waals surface area contributed by atoms with Crippen LogP contribution in [0.2, 0.25) is 0 Å². The molecule has 1 heterocycles. The third-order valence-corrected chi connectivity index (χ3v) is 3.76. The van der Waals surface area contributed by atoms with E-state index in [0.717, 1.165) is 12.5 Å². The van der Waals surface area contributed by atoms with Crippen molar-refractivity contribution in [1.82, 2.24) is 5.32 Å². The zero-order valence-corrected chi connectivity index (χ0v) is 10.9. The van der Waals surface area contributed by atoms with E-state index in [2.05, 4.69) is 42.9 Å². The Morgan fingerprint density at radius 1 is 1.40 bits per heavy atom. The van der Waals surface area contributed by atoms with Crippen molar-refractivity contribution in [2.24, 2.45) is 5.92 Å². The lowest BCUT2D eigenvalue weighted by atomic mass is 9.94. The van der Waals surface area contributed by atoms with Gasteiger partial charge in [-0.05, 0) is 47.7 Å². The maximum atomic E-state index is 3.66. The van der Waals surface area contributed by atoms with Crippen molar-refractivity contribution in [3.05, 3.63) is 22.4 Å². The Kier molecular flexibility index (Phi) is 5.96. The SMILES string of the molecule is CCCNC(Cc1ccsc1)C(C)CC. The van der Waals surface area contributed by atoms with Crippen LogP contribution in [0.15, 0.2) is 16.8 Å². The molecule has 0 radical (unpaired) electrons. The average molecular weight is 225 g/mol. The molecule has 1 N–H and O–H groups in total. The highest BCUT2D eigenvalue weighted by Gasteiger charge is 2.15. The molecule has 0 saturated carbocycles. The molecule has 0 saturated heterocycles. The summed E-state index contributed by atoms with van der Waals surface area (Å²) in [6.45, 7) is 7.99. The summed E-state index contributed by atoms with van der Waals surface area (Å²) in [5.74, 6) is 0.761. The van der Waals surface area contributed by atoms with Crippen LogP contribution >= 0.6 is 11.3 Å². The first kappa shape index (κ1) is 12.7. The fourth-order valence-electron chi connectivity index (χ4n) is 1.75. The van der Waals surface area contributed by atoms with Gasteiger partial charge in [-0.1, -0.05) is 27.2 Å². The van der Waals surface area contributed by atoms with E-state index in [-0.39, 0.29) is 0 Å². The summed E-state index contributed by atoms with van der Waals surface area (Å²) in [7, 11) is 0. The third-order valence-electron chi connectivity index (χ3n) is 3.02. The molecule has 0 fully saturated rings. The lowest BCUT2D eigenvalue weighted by molar-refractivity contribution is 0.365. The fraction of sp³-hybridized carbons (Fsp3) is 0.692. The molecule has 1 aromatic heterocycles. The topological polar surface area (TPSA) is 12.0 Å². The molecular weight excluding hydrogens is 202 g/mol. The second kappa shape index (κ2) is 7.02. The van der Waals surface area contributed by atoms with Crippen molar-refractivity contribution in [3.8, 4) is 0 Å². The van der Waals surface area contributed by atoms with Crippen molar-refractivity contribution >= 4 is 11.3 Å². The Balaban J connectivity index is 2.48. The standard InChI is InChI=1S/C13H23NS/c1-4-7-14-13(11(3)5-2)9-12-6-8-15-10-12/h6,8,10-11,13-14H,4-5,7,9H2,1-3H3. The molecule has 0 aliphatic rings. The Labute approximate surface area is 97.9 Å². The minimum Gasteiger partial charge on any atom is -0.313 e. The van der Waals surface area contributed by atoms with Crippen molar-refractivity contribution < 1.29 is 0 Å². The van der Waals surface area contributed by atoms with Crippen LogP contribution in [0.1, 0.15) is 39.2 Å². The van der Waals surface area contributed by atoms with Gasteiger partial charge in [-0.2, -0.15) is 11.3 Å². The maximum absolute atomic E-state index is 3.66. The molecule has 0 spiro atoms. The van der Waals surface area contributed by atoms with Gasteiger partial charge >= 0.3 is 0 Å². The lowest BCUT2D eigenvalue weighted by Gasteiger charge is -2.24. The molecule has 0 aromatic carbocycles. The molecule has 1 rings (SSSR count). The summed E-state index contributed by atoms with van der Waals surface area (Å²) in [6.07, 6.45) is 3.65. The van der Waals surface area contributed by atoms with Gasteiger partial charge in [-0.15, -0.1) is 0 Å². The molecule has 0 amide bonds. The first-order valence-corrected chi connectivity index (χ1v) is 6.96. The smallest absolute Gasteiger partial charge is 0.0133 e. The molecule has 0 aliphatic carbocycles. The molecule has 2 unspecified atom stereocenters. The molecule has 15 heavy (non-hydrogen) atoms. The molecule has 1 aromatic rings. The second-order valence-electron chi connectivity index (χ2n) is 4.28. The Morgan fingerprint density at radius 3 is 2.73 bits per heavy atom. The zero-order valence-electron chi connectivity index (χ0n) is 10.1. The first-order chi connectivity index (χ1) is 7.27. The summed E-state index contributed by atoms with van der Waals surface area (Å²) in [6, 6.07) is 2.89. The molecule has 0 aliphatic heterocycles. The third kappa shape index (κ3) is 4.35. The maximum Gasteiger partial charge on any atom is 0.0133 e. The Hall–Kier alpha value is -0.340. The summed E-state index contributed by atoms with van der Waals surface area (Å²) in [4.78, 5) is 0. The number of hydrogen-bond donors (Lipinski definition) is 1. The zero-order chi connectivity index (χ0) is 11.1. The van der Waals surface area contributed by atoms with Crippen LogP contribution in [0.3, 0.4) is 0 Å². The van der Waals surface area contributed by atoms with Crippen molar-refractivity contribution in [2.75, 3.05) is 6.54 Å². The van der Waals surface area contributed by atoms with Crippen LogP contribution in [-0.4, -0.2) is 12.6 Å². The van der Waals surface area contributed by atoms with Crippen LogP contribution in [0, 0.1) is 5.92 Å². The van der Waals surface area contributed by atoms with Crippen LogP contribution < -0.4 is 5.32 Å². The van der Waals surface area contributed by atoms with Gasteiger partial charge in [0.1, 0.15) is 0 Å². The van der Waals surface area contributed by atoms with Gasteiger partial charge in [-0.25, -0.2) is 0 Å². The minimum absolute atomic E-state index is 0.643. The molecule has 0 bridgehead atoms. The van der Waals surface area contributed by atoms with E-state index in [1.807, 2.05) is 0 Å². The van der Waals surface area contributed by atoms with Gasteiger partial charge < -0.3 is 5.32 Å². The Bertz CT molecular complexity index is 243. The van der Waals surface area contributed by atoms with Crippen LogP contribution in [0.4, 0.5) is 0 Å². The number of rotatable bonds is 7. The highest BCUT2D eigenvalue weighted by Crippen LogP contribution is 2.15. The van der Waals surface area contributed by atoms with Crippen LogP contribution in [0.5, 0.6) is 0 Å². The predicted molar refractivity (Wildman–Crippen MR) is 69.6 cm³/mol. The van der Waals surface area contributed by atoms with Crippen LogP contribution in [0.25, 0.3) is 0 Å². The summed E-state index contributed by atoms with van der Waals surface area (Å²) in [5, 5.41) is 8.10. The van der Waals surface area contributed by atoms with E-state index in [0.29, 0.717) is 6.04 Å². The monoisotopic (exact) mass is 225 g/mol. The van der Waals surface area contributed by atoms with Gasteiger partial charge in [-0.3, -0.25) is 0 Å². The molecule has 86 valence electrons. The summed E-state index contributed by atoms with van der Waals surface area (Å²) < 4.78 is 0. The number of hydrogen-bond acceptors (Lipinski definition) is 2. The van der Waals surface area contributed by atoms with E-state index >= 15 is 0 Å². The molecule has 1 nitrogen and oxygen atoms in total. The van der Waals surface area contributed by atoms with Gasteiger partial charge in [0.25, 0.3) is 0 Å². The summed E-state index contributed by atoms with van der Waals surface area (Å²) in [5.41, 5.74) is 1.48. The lowest BCUT2D eigenvalue weighted by Crippen LogP contribution is -2.37. The van der Waals surface area contributed by atoms with Gasteiger partial charge in [0.05, 0.1) is 0 Å². The average Bonchev–Trinajstić information content (AvgIpc) is 2.75. The fourth-order valence-corrected chi connectivity index (χ4v) is 2.43. The highest BCUT2D eigenvalue weighted by molar-refractivity contribution is 7.07. The quantitative estimate of drug-likeness (QED) is 0.746.